The third kappa shape index (κ3) is 2.46. The van der Waals surface area contributed by atoms with Gasteiger partial charge in [-0.05, 0) is 41.7 Å². The van der Waals surface area contributed by atoms with E-state index in [0.717, 1.165) is 29.8 Å². The highest BCUT2D eigenvalue weighted by molar-refractivity contribution is 6.20. The fourth-order valence-corrected chi connectivity index (χ4v) is 7.26. The van der Waals surface area contributed by atoms with Crippen molar-refractivity contribution in [3.8, 4) is 0 Å². The molecule has 1 spiro atoms. The van der Waals surface area contributed by atoms with Gasteiger partial charge in [-0.1, -0.05) is 20.8 Å². The van der Waals surface area contributed by atoms with E-state index in [1.165, 1.54) is 19.2 Å². The maximum atomic E-state index is 13.7. The first-order valence-electron chi connectivity index (χ1n) is 10.6. The molecule has 4 atom stereocenters. The van der Waals surface area contributed by atoms with Crippen LogP contribution in [0.4, 0.5) is 16.2 Å². The van der Waals surface area contributed by atoms with Crippen molar-refractivity contribution in [2.24, 2.45) is 16.2 Å². The smallest absolute Gasteiger partial charge is 0.330 e. The number of carbonyl (C=O) groups excluding carboxylic acids is 3. The van der Waals surface area contributed by atoms with Gasteiger partial charge < -0.3 is 4.90 Å². The zero-order chi connectivity index (χ0) is 22.5. The molecule has 9 heteroatoms. The lowest BCUT2D eigenvalue weighted by atomic mass is 9.56. The second-order valence-corrected chi connectivity index (χ2v) is 10.7. The Morgan fingerprint density at radius 2 is 1.87 bits per heavy atom. The number of carbonyl (C=O) groups is 3. The van der Waals surface area contributed by atoms with E-state index in [1.807, 2.05) is 0 Å². The number of nitro benzene ring substituents is 1. The van der Waals surface area contributed by atoms with Crippen LogP contribution in [0.2, 0.25) is 0 Å². The summed E-state index contributed by atoms with van der Waals surface area (Å²) < 4.78 is 0. The molecule has 1 aliphatic carbocycles. The van der Waals surface area contributed by atoms with Crippen LogP contribution in [0.25, 0.3) is 0 Å². The average molecular weight is 426 g/mol. The van der Waals surface area contributed by atoms with Crippen LogP contribution >= 0.6 is 0 Å². The monoisotopic (exact) mass is 426 g/mol. The number of nitrogens with zero attached hydrogens (tertiary/aromatic N) is 3. The summed E-state index contributed by atoms with van der Waals surface area (Å²) in [6.45, 7) is 6.55. The zero-order valence-electron chi connectivity index (χ0n) is 18.1. The van der Waals surface area contributed by atoms with Crippen molar-refractivity contribution >= 4 is 29.2 Å². The van der Waals surface area contributed by atoms with Crippen molar-refractivity contribution in [1.82, 2.24) is 10.2 Å². The molecular formula is C22H26N4O5. The minimum atomic E-state index is -1.51. The largest absolute Gasteiger partial charge is 0.363 e. The van der Waals surface area contributed by atoms with Gasteiger partial charge >= 0.3 is 6.03 Å². The number of nitrogens with one attached hydrogen (secondary N) is 1. The van der Waals surface area contributed by atoms with Gasteiger partial charge in [0.15, 0.2) is 5.41 Å². The number of barbiturate groups is 1. The molecule has 4 amide bonds. The molecule has 1 saturated carbocycles. The van der Waals surface area contributed by atoms with Crippen LogP contribution in [0.1, 0.15) is 45.6 Å². The Morgan fingerprint density at radius 1 is 1.16 bits per heavy atom. The Bertz CT molecular complexity index is 1070. The van der Waals surface area contributed by atoms with E-state index >= 15 is 0 Å². The summed E-state index contributed by atoms with van der Waals surface area (Å²) in [5.74, 6) is -1.13. The van der Waals surface area contributed by atoms with Gasteiger partial charge in [-0.25, -0.2) is 4.79 Å². The number of benzene rings is 1. The number of nitro groups is 1. The fourth-order valence-electron chi connectivity index (χ4n) is 7.26. The van der Waals surface area contributed by atoms with Gasteiger partial charge in [0.1, 0.15) is 0 Å². The molecule has 0 unspecified atom stereocenters. The van der Waals surface area contributed by atoms with E-state index in [1.54, 1.807) is 6.07 Å². The number of fused-ring (bicyclic) bond motifs is 8. The van der Waals surface area contributed by atoms with Crippen LogP contribution in [0, 0.1) is 26.4 Å². The lowest BCUT2D eigenvalue weighted by Crippen LogP contribution is -2.72. The molecule has 164 valence electrons. The molecule has 0 aromatic heterocycles. The summed E-state index contributed by atoms with van der Waals surface area (Å²) in [5, 5.41) is 13.8. The molecule has 2 saturated heterocycles. The molecule has 1 aromatic carbocycles. The van der Waals surface area contributed by atoms with Gasteiger partial charge in [-0.15, -0.1) is 0 Å². The molecule has 31 heavy (non-hydrogen) atoms. The molecule has 1 N–H and O–H groups in total. The molecular weight excluding hydrogens is 400 g/mol. The summed E-state index contributed by atoms with van der Waals surface area (Å²) in [5.41, 5.74) is -0.422. The molecule has 3 heterocycles. The highest BCUT2D eigenvalue weighted by atomic mass is 16.6. The SMILES string of the molecule is CN1C(=O)NC(=O)[C@@]2(Cc3cc([N+](=O)[O-])ccc3N3[C@H]4CC(C)(C)C[C@](C)(C4)[C@@H]32)C1=O. The zero-order valence-corrected chi connectivity index (χ0v) is 18.1. The summed E-state index contributed by atoms with van der Waals surface area (Å²) in [6.07, 6.45) is 2.61. The first-order valence-corrected chi connectivity index (χ1v) is 10.6. The predicted octanol–water partition coefficient (Wildman–Crippen LogP) is 2.62. The number of hydrogen-bond donors (Lipinski definition) is 1. The van der Waals surface area contributed by atoms with E-state index in [9.17, 15) is 24.5 Å². The van der Waals surface area contributed by atoms with E-state index in [2.05, 4.69) is 31.0 Å². The van der Waals surface area contributed by atoms with Crippen LogP contribution in [0.3, 0.4) is 0 Å². The second-order valence-electron chi connectivity index (χ2n) is 10.7. The van der Waals surface area contributed by atoms with Crippen molar-refractivity contribution in [3.05, 3.63) is 33.9 Å². The van der Waals surface area contributed by atoms with Gasteiger partial charge in [0.25, 0.3) is 5.69 Å². The van der Waals surface area contributed by atoms with Crippen molar-refractivity contribution < 1.29 is 19.3 Å². The fraction of sp³-hybridized carbons (Fsp3) is 0.591. The maximum absolute atomic E-state index is 13.7. The molecule has 2 bridgehead atoms. The predicted molar refractivity (Wildman–Crippen MR) is 111 cm³/mol. The standard InChI is InChI=1S/C22H26N4O5/c1-20(2)9-14-10-21(3,11-20)16-22(17(27)23-19(29)24(4)18(22)28)8-12-7-13(26(30)31)5-6-15(12)25(14)16/h5-7,14,16H,8-11H2,1-4H3,(H,23,27,29)/t14-,16+,21-,22-/m0/s1. The molecule has 4 aliphatic rings. The highest BCUT2D eigenvalue weighted by Crippen LogP contribution is 2.64. The van der Waals surface area contributed by atoms with Crippen LogP contribution < -0.4 is 10.2 Å². The quantitative estimate of drug-likeness (QED) is 0.420. The van der Waals surface area contributed by atoms with Crippen LogP contribution in [0.5, 0.6) is 0 Å². The van der Waals surface area contributed by atoms with E-state index in [-0.39, 0.29) is 29.0 Å². The number of urea groups is 1. The molecule has 3 fully saturated rings. The van der Waals surface area contributed by atoms with Crippen molar-refractivity contribution in [2.75, 3.05) is 11.9 Å². The van der Waals surface area contributed by atoms with Gasteiger partial charge in [0, 0.05) is 37.3 Å². The van der Waals surface area contributed by atoms with E-state index in [4.69, 9.17) is 0 Å². The number of hydrogen-bond acceptors (Lipinski definition) is 6. The summed E-state index contributed by atoms with van der Waals surface area (Å²) in [7, 11) is 1.38. The third-order valence-corrected chi connectivity index (χ3v) is 7.81. The normalized spacial score (nSPS) is 35.7. The van der Waals surface area contributed by atoms with Crippen molar-refractivity contribution in [3.63, 3.8) is 0 Å². The average Bonchev–Trinajstić information content (AvgIpc) is 2.90. The highest BCUT2D eigenvalue weighted by Gasteiger charge is 2.71. The van der Waals surface area contributed by atoms with Gasteiger partial charge in [0.05, 0.1) is 11.0 Å². The molecule has 3 aliphatic heterocycles. The molecule has 1 aromatic rings. The minimum absolute atomic E-state index is 0.0209. The number of non-ortho nitro benzene ring substituents is 1. The second kappa shape index (κ2) is 5.83. The first-order chi connectivity index (χ1) is 14.4. The Hall–Kier alpha value is -2.97. The summed E-state index contributed by atoms with van der Waals surface area (Å²) in [6, 6.07) is 3.67. The van der Waals surface area contributed by atoms with E-state index in [0.29, 0.717) is 5.56 Å². The number of anilines is 1. The lowest BCUT2D eigenvalue weighted by Gasteiger charge is -2.53. The number of amides is 4. The Labute approximate surface area is 179 Å². The number of imide groups is 2. The van der Waals surface area contributed by atoms with Crippen molar-refractivity contribution in [1.29, 1.82) is 0 Å². The maximum Gasteiger partial charge on any atom is 0.330 e. The minimum Gasteiger partial charge on any atom is -0.363 e. The van der Waals surface area contributed by atoms with Crippen LogP contribution in [0.15, 0.2) is 18.2 Å². The first kappa shape index (κ1) is 20.0. The van der Waals surface area contributed by atoms with Crippen molar-refractivity contribution in [2.45, 2.75) is 58.5 Å². The Balaban J connectivity index is 1.78. The third-order valence-electron chi connectivity index (χ3n) is 7.81. The Morgan fingerprint density at radius 3 is 2.55 bits per heavy atom. The molecule has 0 radical (unpaired) electrons. The number of rotatable bonds is 1. The van der Waals surface area contributed by atoms with Gasteiger partial charge in [-0.2, -0.15) is 0 Å². The summed E-state index contributed by atoms with van der Waals surface area (Å²) >= 11 is 0. The van der Waals surface area contributed by atoms with Gasteiger partial charge in [-0.3, -0.25) is 29.9 Å². The van der Waals surface area contributed by atoms with E-state index < -0.39 is 34.2 Å². The molecule has 9 nitrogen and oxygen atoms in total. The topological polar surface area (TPSA) is 113 Å². The van der Waals surface area contributed by atoms with Gasteiger partial charge in [0.2, 0.25) is 11.8 Å². The van der Waals surface area contributed by atoms with Crippen LogP contribution in [-0.2, 0) is 16.0 Å². The lowest BCUT2D eigenvalue weighted by molar-refractivity contribution is -0.384. The molecule has 5 rings (SSSR count). The van der Waals surface area contributed by atoms with Crippen LogP contribution in [-0.4, -0.2) is 46.8 Å². The summed E-state index contributed by atoms with van der Waals surface area (Å²) in [4.78, 5) is 53.4. The Kier molecular flexibility index (Phi) is 3.76.